The van der Waals surface area contributed by atoms with Crippen LogP contribution in [0, 0.1) is 12.8 Å². The Kier molecular flexibility index (Phi) is 7.93. The van der Waals surface area contributed by atoms with Crippen molar-refractivity contribution in [1.29, 1.82) is 0 Å². The van der Waals surface area contributed by atoms with E-state index >= 15 is 0 Å². The number of imidazole rings is 1. The van der Waals surface area contributed by atoms with Gasteiger partial charge in [-0.05, 0) is 47.0 Å². The van der Waals surface area contributed by atoms with Gasteiger partial charge in [0.15, 0.2) is 0 Å². The molecule has 142 valence electrons. The van der Waals surface area contributed by atoms with E-state index in [4.69, 9.17) is 4.74 Å². The number of rotatable bonds is 9. The lowest BCUT2D eigenvalue weighted by molar-refractivity contribution is -0.142. The molecule has 1 rings (SSSR count). The van der Waals surface area contributed by atoms with Gasteiger partial charge in [-0.2, -0.15) is 0 Å². The zero-order valence-corrected chi connectivity index (χ0v) is 16.0. The summed E-state index contributed by atoms with van der Waals surface area (Å²) in [6, 6.07) is 0. The van der Waals surface area contributed by atoms with Gasteiger partial charge in [0.1, 0.15) is 11.4 Å². The van der Waals surface area contributed by atoms with Gasteiger partial charge in [0.25, 0.3) is 0 Å². The fourth-order valence-electron chi connectivity index (χ4n) is 2.56. The number of carbonyl (C=O) groups excluding carboxylic acids is 1. The van der Waals surface area contributed by atoms with Crippen LogP contribution < -0.4 is 5.32 Å². The van der Waals surface area contributed by atoms with Crippen molar-refractivity contribution < 1.29 is 19.4 Å². The monoisotopic (exact) mass is 353 g/mol. The van der Waals surface area contributed by atoms with Gasteiger partial charge in [-0.1, -0.05) is 6.92 Å². The van der Waals surface area contributed by atoms with Crippen LogP contribution in [0.4, 0.5) is 4.79 Å². The molecule has 0 spiro atoms. The van der Waals surface area contributed by atoms with Gasteiger partial charge in [0, 0.05) is 25.7 Å². The highest BCUT2D eigenvalue weighted by atomic mass is 16.6. The SMILES string of the molecule is CCCn1cc(CC(CCCNC(=O)OC(C)(C)C)C(=O)O)nc1C. The molecule has 1 aromatic rings. The summed E-state index contributed by atoms with van der Waals surface area (Å²) >= 11 is 0. The van der Waals surface area contributed by atoms with E-state index in [0.29, 0.717) is 25.8 Å². The Hall–Kier alpha value is -2.05. The highest BCUT2D eigenvalue weighted by molar-refractivity contribution is 5.70. The lowest BCUT2D eigenvalue weighted by Gasteiger charge is -2.19. The molecule has 0 aromatic carbocycles. The molecule has 0 saturated carbocycles. The molecule has 2 N–H and O–H groups in total. The lowest BCUT2D eigenvalue weighted by atomic mass is 9.98. The van der Waals surface area contributed by atoms with E-state index in [1.54, 1.807) is 20.8 Å². The molecule has 0 saturated heterocycles. The van der Waals surface area contributed by atoms with Crippen LogP contribution in [0.5, 0.6) is 0 Å². The maximum atomic E-state index is 11.6. The topological polar surface area (TPSA) is 93.5 Å². The predicted molar refractivity (Wildman–Crippen MR) is 95.6 cm³/mol. The molecule has 0 aliphatic carbocycles. The Morgan fingerprint density at radius 2 is 2.08 bits per heavy atom. The first kappa shape index (κ1) is 21.0. The van der Waals surface area contributed by atoms with E-state index in [1.807, 2.05) is 13.1 Å². The Morgan fingerprint density at radius 3 is 2.64 bits per heavy atom. The molecule has 1 heterocycles. The fraction of sp³-hybridized carbons (Fsp3) is 0.722. The van der Waals surface area contributed by atoms with Crippen LogP contribution in [0.25, 0.3) is 0 Å². The third kappa shape index (κ3) is 8.05. The first-order chi connectivity index (χ1) is 11.6. The van der Waals surface area contributed by atoms with E-state index in [-0.39, 0.29) is 0 Å². The van der Waals surface area contributed by atoms with Gasteiger partial charge >= 0.3 is 12.1 Å². The van der Waals surface area contributed by atoms with Crippen LogP contribution in [0.1, 0.15) is 58.5 Å². The number of aliphatic carboxylic acids is 1. The average molecular weight is 353 g/mol. The van der Waals surface area contributed by atoms with Gasteiger partial charge in [-0.25, -0.2) is 9.78 Å². The average Bonchev–Trinajstić information content (AvgIpc) is 2.80. The molecule has 0 fully saturated rings. The summed E-state index contributed by atoms with van der Waals surface area (Å²) in [6.45, 7) is 10.7. The summed E-state index contributed by atoms with van der Waals surface area (Å²) in [5, 5.41) is 12.1. The molecule has 1 unspecified atom stereocenters. The number of ether oxygens (including phenoxy) is 1. The van der Waals surface area contributed by atoms with Crippen LogP contribution >= 0.6 is 0 Å². The van der Waals surface area contributed by atoms with E-state index in [2.05, 4.69) is 21.8 Å². The van der Waals surface area contributed by atoms with Crippen LogP contribution in [-0.2, 0) is 22.5 Å². The Labute approximate surface area is 149 Å². The van der Waals surface area contributed by atoms with Gasteiger partial charge in [0.2, 0.25) is 0 Å². The largest absolute Gasteiger partial charge is 0.481 e. The maximum absolute atomic E-state index is 11.6. The Bertz CT molecular complexity index is 575. The molecular weight excluding hydrogens is 322 g/mol. The smallest absolute Gasteiger partial charge is 0.407 e. The van der Waals surface area contributed by atoms with Crippen LogP contribution in [-0.4, -0.2) is 38.9 Å². The number of aromatic nitrogens is 2. The molecule has 0 bridgehead atoms. The first-order valence-electron chi connectivity index (χ1n) is 8.84. The zero-order valence-electron chi connectivity index (χ0n) is 16.0. The number of carboxylic acid groups (broad SMARTS) is 1. The van der Waals surface area contributed by atoms with Gasteiger partial charge in [-0.15, -0.1) is 0 Å². The van der Waals surface area contributed by atoms with Crippen molar-refractivity contribution in [2.75, 3.05) is 6.54 Å². The van der Waals surface area contributed by atoms with E-state index in [0.717, 1.165) is 24.5 Å². The summed E-state index contributed by atoms with van der Waals surface area (Å²) < 4.78 is 7.20. The minimum absolute atomic E-state index is 0.391. The van der Waals surface area contributed by atoms with Gasteiger partial charge < -0.3 is 19.7 Å². The minimum atomic E-state index is -0.833. The molecule has 0 radical (unpaired) electrons. The van der Waals surface area contributed by atoms with Crippen LogP contribution in [0.2, 0.25) is 0 Å². The van der Waals surface area contributed by atoms with Gasteiger partial charge in [0.05, 0.1) is 11.6 Å². The van der Waals surface area contributed by atoms with Crippen molar-refractivity contribution in [3.8, 4) is 0 Å². The molecule has 0 aliphatic rings. The summed E-state index contributed by atoms with van der Waals surface area (Å²) in [6.07, 6.45) is 3.92. The molecule has 25 heavy (non-hydrogen) atoms. The normalized spacial score (nSPS) is 12.7. The molecule has 1 aromatic heterocycles. The van der Waals surface area contributed by atoms with Crippen LogP contribution in [0.15, 0.2) is 6.20 Å². The standard InChI is InChI=1S/C18H31N3O4/c1-6-10-21-12-15(20-13(21)2)11-14(16(22)23)8-7-9-19-17(24)25-18(3,4)5/h12,14H,6-11H2,1-5H3,(H,19,24)(H,22,23). The second-order valence-corrected chi connectivity index (χ2v) is 7.28. The quantitative estimate of drug-likeness (QED) is 0.665. The van der Waals surface area contributed by atoms with Crippen molar-refractivity contribution in [3.63, 3.8) is 0 Å². The van der Waals surface area contributed by atoms with Crippen molar-refractivity contribution in [1.82, 2.24) is 14.9 Å². The molecule has 7 heteroatoms. The number of nitrogens with zero attached hydrogens (tertiary/aromatic N) is 2. The highest BCUT2D eigenvalue weighted by Gasteiger charge is 2.20. The third-order valence-electron chi connectivity index (χ3n) is 3.69. The van der Waals surface area contributed by atoms with Crippen molar-refractivity contribution >= 4 is 12.1 Å². The first-order valence-corrected chi connectivity index (χ1v) is 8.84. The zero-order chi connectivity index (χ0) is 19.0. The van der Waals surface area contributed by atoms with Crippen molar-refractivity contribution in [3.05, 3.63) is 17.7 Å². The number of nitrogens with one attached hydrogen (secondary N) is 1. The van der Waals surface area contributed by atoms with E-state index < -0.39 is 23.6 Å². The molecule has 1 amide bonds. The van der Waals surface area contributed by atoms with Gasteiger partial charge in [-0.3, -0.25) is 4.79 Å². The summed E-state index contributed by atoms with van der Waals surface area (Å²) in [7, 11) is 0. The third-order valence-corrected chi connectivity index (χ3v) is 3.69. The summed E-state index contributed by atoms with van der Waals surface area (Å²) in [4.78, 5) is 27.5. The maximum Gasteiger partial charge on any atom is 0.407 e. The fourth-order valence-corrected chi connectivity index (χ4v) is 2.56. The van der Waals surface area contributed by atoms with Crippen molar-refractivity contribution in [2.24, 2.45) is 5.92 Å². The molecule has 1 atom stereocenters. The van der Waals surface area contributed by atoms with Crippen LogP contribution in [0.3, 0.4) is 0 Å². The number of alkyl carbamates (subject to hydrolysis) is 1. The van der Waals surface area contributed by atoms with E-state index in [1.165, 1.54) is 0 Å². The number of hydrogen-bond donors (Lipinski definition) is 2. The van der Waals surface area contributed by atoms with Crippen molar-refractivity contribution in [2.45, 2.75) is 72.4 Å². The summed E-state index contributed by atoms with van der Waals surface area (Å²) in [5.41, 5.74) is 0.265. The lowest BCUT2D eigenvalue weighted by Crippen LogP contribution is -2.33. The predicted octanol–water partition coefficient (Wildman–Crippen LogP) is 3.15. The van der Waals surface area contributed by atoms with E-state index in [9.17, 15) is 14.7 Å². The second kappa shape index (κ2) is 9.44. The number of aryl methyl sites for hydroxylation is 2. The number of carboxylic acids is 1. The number of hydrogen-bond acceptors (Lipinski definition) is 4. The molecule has 7 nitrogen and oxygen atoms in total. The Balaban J connectivity index is 2.46. The summed E-state index contributed by atoms with van der Waals surface area (Å²) in [5.74, 6) is -0.433. The number of amides is 1. The molecule has 0 aliphatic heterocycles. The second-order valence-electron chi connectivity index (χ2n) is 7.28. The molecular formula is C18H31N3O4. The minimum Gasteiger partial charge on any atom is -0.481 e. The highest BCUT2D eigenvalue weighted by Crippen LogP contribution is 2.15. The number of carbonyl (C=O) groups is 2. The Morgan fingerprint density at radius 1 is 1.40 bits per heavy atom.